The molecule has 1 saturated carbocycles. The fourth-order valence-corrected chi connectivity index (χ4v) is 2.78. The molecule has 3 heteroatoms. The molecule has 1 aromatic rings. The van der Waals surface area contributed by atoms with Crippen LogP contribution in [0.4, 0.5) is 0 Å². The van der Waals surface area contributed by atoms with Crippen molar-refractivity contribution in [3.63, 3.8) is 0 Å². The number of rotatable bonds is 3. The lowest BCUT2D eigenvalue weighted by atomic mass is 9.95. The molecule has 0 spiro atoms. The second-order valence-corrected chi connectivity index (χ2v) is 5.04. The molecular formula is C15H18O3. The summed E-state index contributed by atoms with van der Waals surface area (Å²) in [6.07, 6.45) is 4.24. The van der Waals surface area contributed by atoms with Crippen LogP contribution in [-0.2, 0) is 9.47 Å². The van der Waals surface area contributed by atoms with Crippen molar-refractivity contribution in [2.75, 3.05) is 13.2 Å². The van der Waals surface area contributed by atoms with Crippen LogP contribution < -0.4 is 0 Å². The Morgan fingerprint density at radius 3 is 2.22 bits per heavy atom. The number of Topliss-reactive ketones (excluding diaryl/α,β-unsaturated/α-hetero) is 1. The van der Waals surface area contributed by atoms with Gasteiger partial charge in [-0.2, -0.15) is 0 Å². The normalized spacial score (nSPS) is 21.6. The van der Waals surface area contributed by atoms with E-state index in [4.69, 9.17) is 9.47 Å². The van der Waals surface area contributed by atoms with Gasteiger partial charge >= 0.3 is 0 Å². The molecule has 1 heterocycles. The molecule has 1 aliphatic carbocycles. The van der Waals surface area contributed by atoms with Gasteiger partial charge in [0, 0.05) is 17.0 Å². The van der Waals surface area contributed by atoms with Gasteiger partial charge in [-0.1, -0.05) is 37.1 Å². The van der Waals surface area contributed by atoms with Gasteiger partial charge in [-0.25, -0.2) is 0 Å². The second kappa shape index (κ2) is 5.21. The van der Waals surface area contributed by atoms with Crippen LogP contribution in [0.1, 0.15) is 47.9 Å². The first-order valence-electron chi connectivity index (χ1n) is 6.72. The van der Waals surface area contributed by atoms with Crippen molar-refractivity contribution in [1.82, 2.24) is 0 Å². The molecule has 0 atom stereocenters. The Hall–Kier alpha value is -1.19. The molecule has 1 aromatic carbocycles. The molecule has 18 heavy (non-hydrogen) atoms. The first-order valence-corrected chi connectivity index (χ1v) is 6.72. The summed E-state index contributed by atoms with van der Waals surface area (Å²) in [7, 11) is 0. The summed E-state index contributed by atoms with van der Waals surface area (Å²) in [4.78, 5) is 12.2. The Labute approximate surface area is 107 Å². The summed E-state index contributed by atoms with van der Waals surface area (Å²) >= 11 is 0. The lowest BCUT2D eigenvalue weighted by molar-refractivity contribution is -0.0441. The summed E-state index contributed by atoms with van der Waals surface area (Å²) < 4.78 is 10.9. The van der Waals surface area contributed by atoms with Crippen molar-refractivity contribution in [3.8, 4) is 0 Å². The van der Waals surface area contributed by atoms with Crippen LogP contribution in [0.3, 0.4) is 0 Å². The molecule has 0 bridgehead atoms. The van der Waals surface area contributed by atoms with Gasteiger partial charge in [0.25, 0.3) is 0 Å². The summed E-state index contributed by atoms with van der Waals surface area (Å²) in [5, 5.41) is 0. The highest BCUT2D eigenvalue weighted by Crippen LogP contribution is 2.29. The Balaban J connectivity index is 1.71. The van der Waals surface area contributed by atoms with Crippen LogP contribution >= 0.6 is 0 Å². The molecule has 0 N–H and O–H groups in total. The first-order chi connectivity index (χ1) is 8.84. The van der Waals surface area contributed by atoms with Gasteiger partial charge in [0.1, 0.15) is 0 Å². The topological polar surface area (TPSA) is 35.5 Å². The maximum atomic E-state index is 12.2. The van der Waals surface area contributed by atoms with Gasteiger partial charge in [0.15, 0.2) is 12.1 Å². The lowest BCUT2D eigenvalue weighted by Crippen LogP contribution is -2.11. The van der Waals surface area contributed by atoms with Gasteiger partial charge < -0.3 is 9.47 Å². The van der Waals surface area contributed by atoms with Crippen molar-refractivity contribution < 1.29 is 14.3 Å². The average Bonchev–Trinajstić information content (AvgIpc) is 3.11. The van der Waals surface area contributed by atoms with Crippen LogP contribution in [0.25, 0.3) is 0 Å². The highest BCUT2D eigenvalue weighted by atomic mass is 16.7. The maximum absolute atomic E-state index is 12.2. The van der Waals surface area contributed by atoms with Gasteiger partial charge in [-0.15, -0.1) is 0 Å². The molecule has 0 aromatic heterocycles. The summed E-state index contributed by atoms with van der Waals surface area (Å²) in [5.74, 6) is 0.544. The van der Waals surface area contributed by atoms with E-state index in [1.165, 1.54) is 12.8 Å². The van der Waals surface area contributed by atoms with Crippen molar-refractivity contribution in [3.05, 3.63) is 35.4 Å². The standard InChI is InChI=1S/C15H18O3/c16-14(11-3-1-2-4-11)12-5-7-13(8-6-12)15-17-9-10-18-15/h5-8,11,15H,1-4,9-10H2. The minimum atomic E-state index is -0.249. The summed E-state index contributed by atoms with van der Waals surface area (Å²) in [5.41, 5.74) is 1.82. The van der Waals surface area contributed by atoms with Gasteiger partial charge in [-0.3, -0.25) is 4.79 Å². The quantitative estimate of drug-likeness (QED) is 0.769. The van der Waals surface area contributed by atoms with Crippen molar-refractivity contribution in [1.29, 1.82) is 0 Å². The number of carbonyl (C=O) groups excluding carboxylic acids is 1. The average molecular weight is 246 g/mol. The second-order valence-electron chi connectivity index (χ2n) is 5.04. The van der Waals surface area contributed by atoms with E-state index in [1.54, 1.807) is 0 Å². The van der Waals surface area contributed by atoms with E-state index in [2.05, 4.69) is 0 Å². The number of hydrogen-bond donors (Lipinski definition) is 0. The van der Waals surface area contributed by atoms with E-state index >= 15 is 0 Å². The zero-order valence-electron chi connectivity index (χ0n) is 10.4. The predicted octanol–water partition coefficient (Wildman–Crippen LogP) is 3.10. The number of ether oxygens (including phenoxy) is 2. The predicted molar refractivity (Wildman–Crippen MR) is 67.4 cm³/mol. The molecule has 3 rings (SSSR count). The van der Waals surface area contributed by atoms with Crippen LogP contribution in [0.15, 0.2) is 24.3 Å². The molecule has 2 aliphatic rings. The van der Waals surface area contributed by atoms with E-state index in [9.17, 15) is 4.79 Å². The molecular weight excluding hydrogens is 228 g/mol. The van der Waals surface area contributed by atoms with Gasteiger partial charge in [0.2, 0.25) is 0 Å². The molecule has 1 aliphatic heterocycles. The van der Waals surface area contributed by atoms with E-state index in [0.29, 0.717) is 19.0 Å². The van der Waals surface area contributed by atoms with Crippen molar-refractivity contribution >= 4 is 5.78 Å². The molecule has 1 saturated heterocycles. The minimum Gasteiger partial charge on any atom is -0.346 e. The Bertz CT molecular complexity index is 412. The van der Waals surface area contributed by atoms with Gasteiger partial charge in [-0.05, 0) is 12.8 Å². The number of carbonyl (C=O) groups is 1. The highest BCUT2D eigenvalue weighted by molar-refractivity contribution is 5.98. The smallest absolute Gasteiger partial charge is 0.184 e. The molecule has 2 fully saturated rings. The van der Waals surface area contributed by atoms with Crippen LogP contribution in [0.5, 0.6) is 0 Å². The zero-order chi connectivity index (χ0) is 12.4. The van der Waals surface area contributed by atoms with Gasteiger partial charge in [0.05, 0.1) is 13.2 Å². The Morgan fingerprint density at radius 2 is 1.61 bits per heavy atom. The summed E-state index contributed by atoms with van der Waals surface area (Å²) in [6.45, 7) is 1.29. The van der Waals surface area contributed by atoms with E-state index < -0.39 is 0 Å². The largest absolute Gasteiger partial charge is 0.346 e. The molecule has 0 amide bonds. The fourth-order valence-electron chi connectivity index (χ4n) is 2.78. The molecule has 96 valence electrons. The van der Waals surface area contributed by atoms with E-state index in [1.807, 2.05) is 24.3 Å². The molecule has 0 unspecified atom stereocenters. The monoisotopic (exact) mass is 246 g/mol. The van der Waals surface area contributed by atoms with Crippen molar-refractivity contribution in [2.24, 2.45) is 5.92 Å². The third-order valence-electron chi connectivity index (χ3n) is 3.82. The van der Waals surface area contributed by atoms with Crippen LogP contribution in [-0.4, -0.2) is 19.0 Å². The molecule has 0 radical (unpaired) electrons. The van der Waals surface area contributed by atoms with Crippen LogP contribution in [0.2, 0.25) is 0 Å². The maximum Gasteiger partial charge on any atom is 0.184 e. The first kappa shape index (κ1) is 11.9. The van der Waals surface area contributed by atoms with E-state index in [0.717, 1.165) is 24.0 Å². The zero-order valence-corrected chi connectivity index (χ0v) is 10.4. The fraction of sp³-hybridized carbons (Fsp3) is 0.533. The van der Waals surface area contributed by atoms with Crippen LogP contribution in [0, 0.1) is 5.92 Å². The third-order valence-corrected chi connectivity index (χ3v) is 3.82. The van der Waals surface area contributed by atoms with Crippen molar-refractivity contribution in [2.45, 2.75) is 32.0 Å². The number of hydrogen-bond acceptors (Lipinski definition) is 3. The molecule has 3 nitrogen and oxygen atoms in total. The third kappa shape index (κ3) is 2.33. The van der Waals surface area contributed by atoms with E-state index in [-0.39, 0.29) is 12.2 Å². The SMILES string of the molecule is O=C(c1ccc(C2OCCO2)cc1)C1CCCC1. The number of ketones is 1. The Morgan fingerprint density at radius 1 is 1.00 bits per heavy atom. The minimum absolute atomic E-state index is 0.245. The highest BCUT2D eigenvalue weighted by Gasteiger charge is 2.24. The lowest BCUT2D eigenvalue weighted by Gasteiger charge is -2.11. The summed E-state index contributed by atoms with van der Waals surface area (Å²) in [6, 6.07) is 7.69. The number of benzene rings is 1. The Kier molecular flexibility index (Phi) is 3.43.